The third-order valence-corrected chi connectivity index (χ3v) is 3.00. The van der Waals surface area contributed by atoms with Crippen LogP contribution in [0.1, 0.15) is 18.0 Å². The molecule has 3 rings (SSSR count). The molecule has 1 fully saturated rings. The molecule has 6 nitrogen and oxygen atoms in total. The first-order chi connectivity index (χ1) is 7.88. The SMILES string of the molecule is CNc1nc(C2CCNC2)cn2ncnc12. The predicted octanol–water partition coefficient (Wildman–Crippen LogP) is 0.243. The molecule has 0 aromatic carbocycles. The molecule has 0 saturated carbocycles. The molecule has 2 aromatic heterocycles. The Morgan fingerprint density at radius 1 is 1.56 bits per heavy atom. The summed E-state index contributed by atoms with van der Waals surface area (Å²) in [6.45, 7) is 2.06. The van der Waals surface area contributed by atoms with Crippen LogP contribution in [0.3, 0.4) is 0 Å². The van der Waals surface area contributed by atoms with Gasteiger partial charge in [0, 0.05) is 19.5 Å². The van der Waals surface area contributed by atoms with Gasteiger partial charge in [0.05, 0.1) is 11.9 Å². The van der Waals surface area contributed by atoms with Crippen LogP contribution in [0.25, 0.3) is 5.65 Å². The van der Waals surface area contributed by atoms with Crippen LogP contribution in [0, 0.1) is 0 Å². The molecule has 6 heteroatoms. The van der Waals surface area contributed by atoms with Crippen molar-refractivity contribution in [2.45, 2.75) is 12.3 Å². The molecular formula is C10H14N6. The molecular weight excluding hydrogens is 204 g/mol. The summed E-state index contributed by atoms with van der Waals surface area (Å²) in [5.74, 6) is 1.28. The number of nitrogens with zero attached hydrogens (tertiary/aromatic N) is 4. The first-order valence-electron chi connectivity index (χ1n) is 5.47. The zero-order chi connectivity index (χ0) is 11.0. The van der Waals surface area contributed by atoms with Crippen LogP contribution in [0.2, 0.25) is 0 Å². The van der Waals surface area contributed by atoms with Crippen molar-refractivity contribution >= 4 is 11.5 Å². The maximum atomic E-state index is 4.60. The lowest BCUT2D eigenvalue weighted by atomic mass is 10.1. The molecule has 16 heavy (non-hydrogen) atoms. The van der Waals surface area contributed by atoms with Crippen molar-refractivity contribution in [2.24, 2.45) is 0 Å². The van der Waals surface area contributed by atoms with Gasteiger partial charge < -0.3 is 10.6 Å². The van der Waals surface area contributed by atoms with Crippen LogP contribution in [0.4, 0.5) is 5.82 Å². The lowest BCUT2D eigenvalue weighted by Crippen LogP contribution is -2.11. The Morgan fingerprint density at radius 2 is 2.50 bits per heavy atom. The Labute approximate surface area is 93.1 Å². The van der Waals surface area contributed by atoms with Gasteiger partial charge in [-0.3, -0.25) is 0 Å². The first-order valence-corrected chi connectivity index (χ1v) is 5.47. The van der Waals surface area contributed by atoms with E-state index >= 15 is 0 Å². The third kappa shape index (κ3) is 1.42. The van der Waals surface area contributed by atoms with E-state index in [0.717, 1.165) is 36.7 Å². The van der Waals surface area contributed by atoms with E-state index < -0.39 is 0 Å². The largest absolute Gasteiger partial charge is 0.370 e. The van der Waals surface area contributed by atoms with E-state index in [-0.39, 0.29) is 0 Å². The van der Waals surface area contributed by atoms with E-state index in [1.54, 1.807) is 10.8 Å². The summed E-state index contributed by atoms with van der Waals surface area (Å²) in [6.07, 6.45) is 4.66. The van der Waals surface area contributed by atoms with Crippen LogP contribution in [0.5, 0.6) is 0 Å². The molecule has 1 aliphatic rings. The minimum Gasteiger partial charge on any atom is -0.370 e. The van der Waals surface area contributed by atoms with E-state index in [4.69, 9.17) is 0 Å². The zero-order valence-electron chi connectivity index (χ0n) is 9.14. The van der Waals surface area contributed by atoms with Gasteiger partial charge >= 0.3 is 0 Å². The average molecular weight is 218 g/mol. The summed E-state index contributed by atoms with van der Waals surface area (Å²) in [7, 11) is 1.85. The van der Waals surface area contributed by atoms with Crippen molar-refractivity contribution in [1.82, 2.24) is 24.9 Å². The predicted molar refractivity (Wildman–Crippen MR) is 60.6 cm³/mol. The number of hydrogen-bond acceptors (Lipinski definition) is 5. The quantitative estimate of drug-likeness (QED) is 0.756. The van der Waals surface area contributed by atoms with Gasteiger partial charge in [0.15, 0.2) is 11.5 Å². The lowest BCUT2D eigenvalue weighted by Gasteiger charge is -2.10. The number of nitrogens with one attached hydrogen (secondary N) is 2. The van der Waals surface area contributed by atoms with E-state index in [1.165, 1.54) is 0 Å². The summed E-state index contributed by atoms with van der Waals surface area (Å²) in [5.41, 5.74) is 1.85. The zero-order valence-corrected chi connectivity index (χ0v) is 9.14. The van der Waals surface area contributed by atoms with Crippen LogP contribution in [-0.4, -0.2) is 39.7 Å². The van der Waals surface area contributed by atoms with E-state index in [2.05, 4.69) is 25.7 Å². The molecule has 0 spiro atoms. The van der Waals surface area contributed by atoms with Gasteiger partial charge in [0.1, 0.15) is 6.33 Å². The van der Waals surface area contributed by atoms with Gasteiger partial charge in [-0.2, -0.15) is 5.10 Å². The maximum Gasteiger partial charge on any atom is 0.198 e. The highest BCUT2D eigenvalue weighted by Gasteiger charge is 2.20. The number of anilines is 1. The second-order valence-corrected chi connectivity index (χ2v) is 3.98. The fourth-order valence-corrected chi connectivity index (χ4v) is 2.12. The molecule has 1 saturated heterocycles. The fourth-order valence-electron chi connectivity index (χ4n) is 2.12. The number of hydrogen-bond donors (Lipinski definition) is 2. The summed E-state index contributed by atoms with van der Waals surface area (Å²) < 4.78 is 1.78. The Hall–Kier alpha value is -1.69. The summed E-state index contributed by atoms with van der Waals surface area (Å²) in [5, 5.41) is 10.6. The number of aromatic nitrogens is 4. The lowest BCUT2D eigenvalue weighted by molar-refractivity contribution is 0.721. The monoisotopic (exact) mass is 218 g/mol. The van der Waals surface area contributed by atoms with Crippen molar-refractivity contribution in [3.63, 3.8) is 0 Å². The molecule has 1 aliphatic heterocycles. The molecule has 2 aromatic rings. The van der Waals surface area contributed by atoms with E-state index in [0.29, 0.717) is 5.92 Å². The Bertz CT molecular complexity index is 499. The Morgan fingerprint density at radius 3 is 3.25 bits per heavy atom. The van der Waals surface area contributed by atoms with Crippen LogP contribution in [0.15, 0.2) is 12.5 Å². The number of rotatable bonds is 2. The third-order valence-electron chi connectivity index (χ3n) is 3.00. The average Bonchev–Trinajstić information content (AvgIpc) is 2.97. The highest BCUT2D eigenvalue weighted by atomic mass is 15.3. The number of fused-ring (bicyclic) bond motifs is 1. The highest BCUT2D eigenvalue weighted by molar-refractivity contribution is 5.61. The van der Waals surface area contributed by atoms with Gasteiger partial charge in [-0.05, 0) is 13.0 Å². The molecule has 2 N–H and O–H groups in total. The molecule has 0 aliphatic carbocycles. The van der Waals surface area contributed by atoms with Crippen LogP contribution in [-0.2, 0) is 0 Å². The maximum absolute atomic E-state index is 4.60. The van der Waals surface area contributed by atoms with E-state index in [1.807, 2.05) is 13.2 Å². The summed E-state index contributed by atoms with van der Waals surface area (Å²) in [4.78, 5) is 8.77. The Balaban J connectivity index is 2.10. The van der Waals surface area contributed by atoms with Crippen LogP contribution >= 0.6 is 0 Å². The molecule has 0 radical (unpaired) electrons. The van der Waals surface area contributed by atoms with Crippen molar-refractivity contribution < 1.29 is 0 Å². The smallest absolute Gasteiger partial charge is 0.198 e. The molecule has 0 amide bonds. The second kappa shape index (κ2) is 3.71. The van der Waals surface area contributed by atoms with Gasteiger partial charge in [-0.1, -0.05) is 0 Å². The van der Waals surface area contributed by atoms with Gasteiger partial charge in [-0.25, -0.2) is 14.5 Å². The topological polar surface area (TPSA) is 67.1 Å². The van der Waals surface area contributed by atoms with Crippen molar-refractivity contribution in [3.05, 3.63) is 18.2 Å². The van der Waals surface area contributed by atoms with Crippen molar-refractivity contribution in [3.8, 4) is 0 Å². The fraction of sp³-hybridized carbons (Fsp3) is 0.500. The second-order valence-electron chi connectivity index (χ2n) is 3.98. The highest BCUT2D eigenvalue weighted by Crippen LogP contribution is 2.22. The van der Waals surface area contributed by atoms with Crippen LogP contribution < -0.4 is 10.6 Å². The minimum absolute atomic E-state index is 0.487. The Kier molecular flexibility index (Phi) is 2.21. The standard InChI is InChI=1S/C10H14N6/c1-11-9-10-13-6-14-16(10)5-8(15-9)7-2-3-12-4-7/h5-7,12H,2-4H2,1H3,(H,11,15). The van der Waals surface area contributed by atoms with E-state index in [9.17, 15) is 0 Å². The van der Waals surface area contributed by atoms with Gasteiger partial charge in [0.2, 0.25) is 0 Å². The van der Waals surface area contributed by atoms with Crippen molar-refractivity contribution in [2.75, 3.05) is 25.5 Å². The molecule has 0 bridgehead atoms. The summed E-state index contributed by atoms with van der Waals surface area (Å²) >= 11 is 0. The molecule has 84 valence electrons. The van der Waals surface area contributed by atoms with Gasteiger partial charge in [-0.15, -0.1) is 0 Å². The summed E-state index contributed by atoms with van der Waals surface area (Å²) in [6, 6.07) is 0. The minimum atomic E-state index is 0.487. The molecule has 1 atom stereocenters. The normalized spacial score (nSPS) is 20.4. The molecule has 1 unspecified atom stereocenters. The van der Waals surface area contributed by atoms with Crippen molar-refractivity contribution in [1.29, 1.82) is 0 Å². The van der Waals surface area contributed by atoms with Gasteiger partial charge in [0.25, 0.3) is 0 Å². The molecule has 3 heterocycles. The first kappa shape index (κ1) is 9.53.